The van der Waals surface area contributed by atoms with Gasteiger partial charge in [0.1, 0.15) is 18.2 Å². The fourth-order valence-electron chi connectivity index (χ4n) is 3.28. The molecule has 0 aromatic rings. The van der Waals surface area contributed by atoms with Crippen LogP contribution in [0.2, 0.25) is 0 Å². The summed E-state index contributed by atoms with van der Waals surface area (Å²) in [5, 5.41) is 12.4. The van der Waals surface area contributed by atoms with Crippen molar-refractivity contribution in [3.05, 3.63) is 10.1 Å². The van der Waals surface area contributed by atoms with Gasteiger partial charge in [-0.15, -0.1) is 34.3 Å². The first-order valence-electron chi connectivity index (χ1n) is 7.56. The van der Waals surface area contributed by atoms with Gasteiger partial charge in [-0.05, 0) is 13.8 Å². The van der Waals surface area contributed by atoms with Crippen molar-refractivity contribution in [2.24, 2.45) is 0 Å². The Morgan fingerprint density at radius 3 is 2.72 bits per heavy atom. The third kappa shape index (κ3) is 3.78. The van der Waals surface area contributed by atoms with Gasteiger partial charge >= 0.3 is 0 Å². The van der Waals surface area contributed by atoms with Crippen LogP contribution >= 0.6 is 24.2 Å². The van der Waals surface area contributed by atoms with E-state index in [0.717, 1.165) is 0 Å². The van der Waals surface area contributed by atoms with Crippen LogP contribution in [0.1, 0.15) is 13.8 Å². The Hall–Kier alpha value is -1.30. The van der Waals surface area contributed by atoms with E-state index in [2.05, 4.69) is 10.2 Å². The second-order valence-corrected chi connectivity index (χ2v) is 7.99. The number of nitrogens with one attached hydrogen (secondary N) is 1. The fourth-order valence-corrected chi connectivity index (χ4v) is 4.48. The van der Waals surface area contributed by atoms with Crippen LogP contribution in [0.3, 0.4) is 0 Å². The molecule has 0 aromatic carbocycles. The van der Waals surface area contributed by atoms with E-state index >= 15 is 0 Å². The highest BCUT2D eigenvalue weighted by molar-refractivity contribution is 8.00. The molecule has 3 fully saturated rings. The number of thioether (sulfide) groups is 1. The van der Waals surface area contributed by atoms with Crippen LogP contribution in [0.4, 0.5) is 0 Å². The predicted molar refractivity (Wildman–Crippen MR) is 88.8 cm³/mol. The number of carbonyl (C=O) groups excluding carboxylic acids is 2. The van der Waals surface area contributed by atoms with Crippen molar-refractivity contribution < 1.29 is 29.0 Å². The first kappa shape index (κ1) is 20.0. The minimum Gasteiger partial charge on any atom is -0.371 e. The van der Waals surface area contributed by atoms with Crippen LogP contribution < -0.4 is 5.32 Å². The molecule has 5 atom stereocenters. The number of hydrogen-bond donors (Lipinski definition) is 1. The Morgan fingerprint density at radius 2 is 2.08 bits per heavy atom. The number of carbonyl (C=O) groups is 2. The summed E-state index contributed by atoms with van der Waals surface area (Å²) in [4.78, 5) is 39.9. The molecular formula is C13H20ClN3O7S. The molecule has 0 aliphatic carbocycles. The maximum atomic E-state index is 12.5. The molecule has 3 rings (SSSR count). The second kappa shape index (κ2) is 7.52. The van der Waals surface area contributed by atoms with Crippen molar-refractivity contribution in [2.75, 3.05) is 19.0 Å². The van der Waals surface area contributed by atoms with Crippen LogP contribution in [0.25, 0.3) is 0 Å². The van der Waals surface area contributed by atoms with Crippen molar-refractivity contribution in [1.82, 2.24) is 10.2 Å². The Labute approximate surface area is 154 Å². The minimum absolute atomic E-state index is 0. The van der Waals surface area contributed by atoms with Crippen LogP contribution in [0, 0.1) is 10.1 Å². The van der Waals surface area contributed by atoms with Gasteiger partial charge in [0.25, 0.3) is 5.09 Å². The topological polar surface area (TPSA) is 120 Å². The minimum atomic E-state index is -0.870. The van der Waals surface area contributed by atoms with Crippen LogP contribution in [-0.2, 0) is 23.9 Å². The maximum absolute atomic E-state index is 12.5. The molecule has 0 radical (unpaired) electrons. The van der Waals surface area contributed by atoms with Gasteiger partial charge in [-0.1, -0.05) is 0 Å². The zero-order chi connectivity index (χ0) is 17.5. The molecule has 3 heterocycles. The highest BCUT2D eigenvalue weighted by Crippen LogP contribution is 2.38. The van der Waals surface area contributed by atoms with Gasteiger partial charge < -0.3 is 24.5 Å². The van der Waals surface area contributed by atoms with E-state index in [1.807, 2.05) is 13.8 Å². The number of halogens is 1. The van der Waals surface area contributed by atoms with Gasteiger partial charge in [0.2, 0.25) is 12.3 Å². The average molecular weight is 398 g/mol. The van der Waals surface area contributed by atoms with Gasteiger partial charge in [0.15, 0.2) is 6.10 Å². The van der Waals surface area contributed by atoms with Gasteiger partial charge in [0, 0.05) is 5.75 Å². The summed E-state index contributed by atoms with van der Waals surface area (Å²) >= 11 is 1.53. The summed E-state index contributed by atoms with van der Waals surface area (Å²) in [5.41, 5.74) is 0. The Bertz CT molecular complexity index is 552. The van der Waals surface area contributed by atoms with Crippen LogP contribution in [0.15, 0.2) is 0 Å². The normalized spacial score (nSPS) is 35.6. The molecule has 2 amide bonds. The number of ether oxygens (including phenoxy) is 2. The molecule has 0 saturated carbocycles. The third-order valence-electron chi connectivity index (χ3n) is 4.53. The van der Waals surface area contributed by atoms with Gasteiger partial charge in [0.05, 0.1) is 24.1 Å². The van der Waals surface area contributed by atoms with Crippen molar-refractivity contribution in [3.63, 3.8) is 0 Å². The molecule has 0 bridgehead atoms. The van der Waals surface area contributed by atoms with E-state index < -0.39 is 40.4 Å². The van der Waals surface area contributed by atoms with Crippen molar-refractivity contribution in [2.45, 2.75) is 49.1 Å². The number of fused-ring (bicyclic) bond motifs is 1. The lowest BCUT2D eigenvalue weighted by molar-refractivity contribution is -0.769. The van der Waals surface area contributed by atoms with E-state index in [4.69, 9.17) is 9.47 Å². The van der Waals surface area contributed by atoms with Crippen molar-refractivity contribution in [3.8, 4) is 0 Å². The fraction of sp³-hybridized carbons (Fsp3) is 0.846. The van der Waals surface area contributed by atoms with Crippen molar-refractivity contribution in [1.29, 1.82) is 0 Å². The molecule has 10 nitrogen and oxygen atoms in total. The predicted octanol–water partition coefficient (Wildman–Crippen LogP) is -0.423. The average Bonchev–Trinajstić information content (AvgIpc) is 3.14. The summed E-state index contributed by atoms with van der Waals surface area (Å²) in [7, 11) is 0. The Balaban J connectivity index is 0.00000225. The Kier molecular flexibility index (Phi) is 6.02. The lowest BCUT2D eigenvalue weighted by atomic mass is 10.1. The SMILES string of the molecule is CC1(C)SCC(C(=O)N[C@H]2CO[C@H]3[C@@H]2OC[C@@H]3O[N+](=O)[O-])N1C=O.Cl. The quantitative estimate of drug-likeness (QED) is 0.377. The number of nitrogens with zero attached hydrogens (tertiary/aromatic N) is 2. The molecule has 3 aliphatic heterocycles. The maximum Gasteiger partial charge on any atom is 0.294 e. The lowest BCUT2D eigenvalue weighted by Gasteiger charge is -2.31. The summed E-state index contributed by atoms with van der Waals surface area (Å²) < 4.78 is 11.0. The van der Waals surface area contributed by atoms with Gasteiger partial charge in [-0.3, -0.25) is 9.59 Å². The monoisotopic (exact) mass is 397 g/mol. The number of hydrogen-bond acceptors (Lipinski definition) is 8. The van der Waals surface area contributed by atoms with E-state index in [9.17, 15) is 19.7 Å². The zero-order valence-corrected chi connectivity index (χ0v) is 15.3. The highest BCUT2D eigenvalue weighted by Gasteiger charge is 2.51. The molecule has 12 heteroatoms. The summed E-state index contributed by atoms with van der Waals surface area (Å²) in [5.74, 6) is 0.226. The first-order chi connectivity index (χ1) is 11.3. The van der Waals surface area contributed by atoms with Crippen molar-refractivity contribution >= 4 is 36.5 Å². The summed E-state index contributed by atoms with van der Waals surface area (Å²) in [6.07, 6.45) is -1.19. The molecule has 25 heavy (non-hydrogen) atoms. The molecular weight excluding hydrogens is 378 g/mol. The largest absolute Gasteiger partial charge is 0.371 e. The van der Waals surface area contributed by atoms with Gasteiger partial charge in [-0.2, -0.15) is 0 Å². The third-order valence-corrected chi connectivity index (χ3v) is 5.92. The summed E-state index contributed by atoms with van der Waals surface area (Å²) in [6.45, 7) is 3.99. The Morgan fingerprint density at radius 1 is 1.40 bits per heavy atom. The van der Waals surface area contributed by atoms with Crippen LogP contribution in [0.5, 0.6) is 0 Å². The van der Waals surface area contributed by atoms with Gasteiger partial charge in [-0.25, -0.2) is 0 Å². The molecule has 1 unspecified atom stereocenters. The summed E-state index contributed by atoms with van der Waals surface area (Å²) in [6, 6.07) is -0.987. The van der Waals surface area contributed by atoms with E-state index in [1.165, 1.54) is 16.7 Å². The molecule has 0 aromatic heterocycles. The highest BCUT2D eigenvalue weighted by atomic mass is 35.5. The van der Waals surface area contributed by atoms with Crippen LogP contribution in [-0.4, -0.2) is 76.5 Å². The molecule has 3 saturated heterocycles. The molecule has 0 spiro atoms. The molecule has 3 aliphatic rings. The molecule has 142 valence electrons. The molecule has 1 N–H and O–H groups in total. The number of rotatable bonds is 5. The second-order valence-electron chi connectivity index (χ2n) is 6.36. The number of amides is 2. The smallest absolute Gasteiger partial charge is 0.294 e. The van der Waals surface area contributed by atoms with E-state index in [1.54, 1.807) is 0 Å². The van der Waals surface area contributed by atoms with E-state index in [-0.39, 0.29) is 31.5 Å². The first-order valence-corrected chi connectivity index (χ1v) is 8.54. The zero-order valence-electron chi connectivity index (χ0n) is 13.7. The lowest BCUT2D eigenvalue weighted by Crippen LogP contribution is -2.54. The standard InChI is InChI=1S/C13H19N3O7S.ClH/c1-13(2)15(6-17)8(5-24-13)12(18)14-7-3-21-11-9(23-16(19)20)4-22-10(7)11;/h6-11H,3-5H2,1-2H3,(H,14,18);1H/t7-,8?,9-,10+,11+;/m0./s1. The van der Waals surface area contributed by atoms with E-state index in [0.29, 0.717) is 12.2 Å².